The second-order valence-electron chi connectivity index (χ2n) is 5.22. The molecule has 1 aliphatic heterocycles. The molecule has 2 heterocycles. The van der Waals surface area contributed by atoms with Gasteiger partial charge in [-0.3, -0.25) is 9.89 Å². The van der Waals surface area contributed by atoms with Crippen LogP contribution in [0.15, 0.2) is 12.3 Å². The second-order valence-corrected chi connectivity index (χ2v) is 5.22. The minimum Gasteiger partial charge on any atom is -0.342 e. The molecule has 0 saturated carbocycles. The highest BCUT2D eigenvalue weighted by Gasteiger charge is 2.23. The molecule has 1 saturated heterocycles. The predicted octanol–water partition coefficient (Wildman–Crippen LogP) is 1.15. The van der Waals surface area contributed by atoms with E-state index >= 15 is 0 Å². The Kier molecular flexibility index (Phi) is 4.36. The molecular weight excluding hydrogens is 228 g/mol. The molecule has 5 heteroatoms. The highest BCUT2D eigenvalue weighted by atomic mass is 16.2. The van der Waals surface area contributed by atoms with Gasteiger partial charge in [0.15, 0.2) is 0 Å². The van der Waals surface area contributed by atoms with Gasteiger partial charge in [-0.1, -0.05) is 13.8 Å². The van der Waals surface area contributed by atoms with Crippen LogP contribution in [0.5, 0.6) is 0 Å². The lowest BCUT2D eigenvalue weighted by atomic mass is 10.0. The number of piperidine rings is 1. The van der Waals surface area contributed by atoms with Crippen molar-refractivity contribution in [1.82, 2.24) is 20.4 Å². The van der Waals surface area contributed by atoms with Crippen molar-refractivity contribution in [2.75, 3.05) is 13.1 Å². The Balaban J connectivity index is 1.72. The molecule has 1 aliphatic rings. The van der Waals surface area contributed by atoms with Gasteiger partial charge in [-0.2, -0.15) is 5.10 Å². The molecule has 2 rings (SSSR count). The zero-order valence-electron chi connectivity index (χ0n) is 11.1. The van der Waals surface area contributed by atoms with Crippen molar-refractivity contribution in [2.45, 2.75) is 39.3 Å². The van der Waals surface area contributed by atoms with Gasteiger partial charge in [0.1, 0.15) is 0 Å². The zero-order valence-corrected chi connectivity index (χ0v) is 11.1. The van der Waals surface area contributed by atoms with Gasteiger partial charge in [0, 0.05) is 43.5 Å². The molecule has 0 spiro atoms. The lowest BCUT2D eigenvalue weighted by Gasteiger charge is -2.33. The van der Waals surface area contributed by atoms with Crippen molar-refractivity contribution in [2.24, 2.45) is 5.92 Å². The number of nitrogens with one attached hydrogen (secondary N) is 2. The van der Waals surface area contributed by atoms with Crippen LogP contribution in [0.3, 0.4) is 0 Å². The highest BCUT2D eigenvalue weighted by molar-refractivity contribution is 5.78. The fourth-order valence-corrected chi connectivity index (χ4v) is 2.31. The number of hydrogen-bond donors (Lipinski definition) is 2. The van der Waals surface area contributed by atoms with E-state index in [1.165, 1.54) is 0 Å². The maximum absolute atomic E-state index is 11.8. The van der Waals surface area contributed by atoms with Crippen LogP contribution in [0.25, 0.3) is 0 Å². The third kappa shape index (κ3) is 3.32. The van der Waals surface area contributed by atoms with Crippen LogP contribution in [-0.4, -0.2) is 40.1 Å². The van der Waals surface area contributed by atoms with E-state index in [9.17, 15) is 4.79 Å². The first kappa shape index (κ1) is 13.1. The SMILES string of the molecule is CC(C)C(=O)N1CCC(NCc2ccn[nH]2)CC1. The summed E-state index contributed by atoms with van der Waals surface area (Å²) in [5.74, 6) is 0.390. The molecule has 0 aromatic carbocycles. The molecule has 100 valence electrons. The number of hydrogen-bond acceptors (Lipinski definition) is 3. The van der Waals surface area contributed by atoms with Crippen LogP contribution in [0.2, 0.25) is 0 Å². The summed E-state index contributed by atoms with van der Waals surface area (Å²) < 4.78 is 0. The van der Waals surface area contributed by atoms with Crippen molar-refractivity contribution in [1.29, 1.82) is 0 Å². The Morgan fingerprint density at radius 1 is 1.56 bits per heavy atom. The molecule has 18 heavy (non-hydrogen) atoms. The molecule has 1 aromatic rings. The zero-order chi connectivity index (χ0) is 13.0. The Labute approximate surface area is 108 Å². The predicted molar refractivity (Wildman–Crippen MR) is 69.9 cm³/mol. The smallest absolute Gasteiger partial charge is 0.225 e. The van der Waals surface area contributed by atoms with Gasteiger partial charge in [-0.15, -0.1) is 0 Å². The van der Waals surface area contributed by atoms with E-state index in [1.807, 2.05) is 24.8 Å². The standard InChI is InChI=1S/C13H22N4O/c1-10(2)13(18)17-7-4-11(5-8-17)14-9-12-3-6-15-16-12/h3,6,10-11,14H,4-5,7-9H2,1-2H3,(H,15,16). The lowest BCUT2D eigenvalue weighted by Crippen LogP contribution is -2.46. The molecule has 2 N–H and O–H groups in total. The van der Waals surface area contributed by atoms with Crippen LogP contribution in [0.1, 0.15) is 32.4 Å². The Morgan fingerprint density at radius 2 is 2.28 bits per heavy atom. The third-order valence-corrected chi connectivity index (χ3v) is 3.44. The van der Waals surface area contributed by atoms with E-state index in [1.54, 1.807) is 6.20 Å². The first-order valence-corrected chi connectivity index (χ1v) is 6.67. The van der Waals surface area contributed by atoms with Gasteiger partial charge in [-0.05, 0) is 18.9 Å². The molecule has 5 nitrogen and oxygen atoms in total. The van der Waals surface area contributed by atoms with E-state index in [-0.39, 0.29) is 11.8 Å². The second kappa shape index (κ2) is 6.00. The topological polar surface area (TPSA) is 61.0 Å². The lowest BCUT2D eigenvalue weighted by molar-refractivity contribution is -0.135. The number of rotatable bonds is 4. The number of aromatic nitrogens is 2. The fourth-order valence-electron chi connectivity index (χ4n) is 2.31. The number of nitrogens with zero attached hydrogens (tertiary/aromatic N) is 2. The first-order chi connectivity index (χ1) is 8.66. The van der Waals surface area contributed by atoms with Gasteiger partial charge in [-0.25, -0.2) is 0 Å². The fraction of sp³-hybridized carbons (Fsp3) is 0.692. The molecule has 0 unspecified atom stereocenters. The van der Waals surface area contributed by atoms with Crippen LogP contribution < -0.4 is 5.32 Å². The van der Waals surface area contributed by atoms with Gasteiger partial charge < -0.3 is 10.2 Å². The molecule has 0 radical (unpaired) electrons. The molecule has 1 amide bonds. The molecule has 0 atom stereocenters. The quantitative estimate of drug-likeness (QED) is 0.842. The minimum absolute atomic E-state index is 0.111. The van der Waals surface area contributed by atoms with Crippen molar-refractivity contribution in [3.05, 3.63) is 18.0 Å². The Hall–Kier alpha value is -1.36. The number of likely N-dealkylation sites (tertiary alicyclic amines) is 1. The van der Waals surface area contributed by atoms with Crippen LogP contribution in [-0.2, 0) is 11.3 Å². The summed E-state index contributed by atoms with van der Waals surface area (Å²) in [6, 6.07) is 2.48. The molecular formula is C13H22N4O. The number of aromatic amines is 1. The van der Waals surface area contributed by atoms with Gasteiger partial charge >= 0.3 is 0 Å². The van der Waals surface area contributed by atoms with Crippen LogP contribution >= 0.6 is 0 Å². The number of carbonyl (C=O) groups excluding carboxylic acids is 1. The maximum Gasteiger partial charge on any atom is 0.225 e. The average molecular weight is 250 g/mol. The third-order valence-electron chi connectivity index (χ3n) is 3.44. The number of carbonyl (C=O) groups is 1. The summed E-state index contributed by atoms with van der Waals surface area (Å²) in [7, 11) is 0. The Bertz CT molecular complexity index is 366. The van der Waals surface area contributed by atoms with E-state index in [2.05, 4.69) is 15.5 Å². The average Bonchev–Trinajstić information content (AvgIpc) is 2.89. The van der Waals surface area contributed by atoms with Gasteiger partial charge in [0.2, 0.25) is 5.91 Å². The van der Waals surface area contributed by atoms with E-state index in [4.69, 9.17) is 0 Å². The van der Waals surface area contributed by atoms with E-state index in [0.717, 1.165) is 38.2 Å². The molecule has 0 bridgehead atoms. The summed E-state index contributed by atoms with van der Waals surface area (Å²) in [5.41, 5.74) is 1.11. The summed E-state index contributed by atoms with van der Waals surface area (Å²) in [5, 5.41) is 10.4. The minimum atomic E-state index is 0.111. The van der Waals surface area contributed by atoms with Crippen molar-refractivity contribution in [3.63, 3.8) is 0 Å². The van der Waals surface area contributed by atoms with E-state index in [0.29, 0.717) is 6.04 Å². The molecule has 1 aromatic heterocycles. The molecule has 0 aliphatic carbocycles. The monoisotopic (exact) mass is 250 g/mol. The van der Waals surface area contributed by atoms with Crippen molar-refractivity contribution < 1.29 is 4.79 Å². The summed E-state index contributed by atoms with van der Waals surface area (Å²) >= 11 is 0. The van der Waals surface area contributed by atoms with Crippen molar-refractivity contribution >= 4 is 5.91 Å². The Morgan fingerprint density at radius 3 is 2.83 bits per heavy atom. The normalized spacial score (nSPS) is 17.4. The summed E-state index contributed by atoms with van der Waals surface area (Å²) in [4.78, 5) is 13.8. The number of H-pyrrole nitrogens is 1. The summed E-state index contributed by atoms with van der Waals surface area (Å²) in [6.07, 6.45) is 3.83. The van der Waals surface area contributed by atoms with Crippen molar-refractivity contribution in [3.8, 4) is 0 Å². The molecule has 1 fully saturated rings. The van der Waals surface area contributed by atoms with Crippen LogP contribution in [0.4, 0.5) is 0 Å². The van der Waals surface area contributed by atoms with E-state index < -0.39 is 0 Å². The first-order valence-electron chi connectivity index (χ1n) is 6.67. The maximum atomic E-state index is 11.8. The van der Waals surface area contributed by atoms with Gasteiger partial charge in [0.25, 0.3) is 0 Å². The van der Waals surface area contributed by atoms with Crippen LogP contribution in [0, 0.1) is 5.92 Å². The number of amides is 1. The largest absolute Gasteiger partial charge is 0.342 e. The summed E-state index contributed by atoms with van der Waals surface area (Å²) in [6.45, 7) is 6.49. The van der Waals surface area contributed by atoms with Gasteiger partial charge in [0.05, 0.1) is 0 Å². The highest BCUT2D eigenvalue weighted by Crippen LogP contribution is 2.13.